The van der Waals surface area contributed by atoms with Crippen molar-refractivity contribution in [3.05, 3.63) is 35.6 Å². The molecule has 1 heterocycles. The van der Waals surface area contributed by atoms with Crippen LogP contribution in [0.2, 0.25) is 0 Å². The number of hydrogen-bond acceptors (Lipinski definition) is 2. The molecule has 0 radical (unpaired) electrons. The molecule has 0 spiro atoms. The lowest BCUT2D eigenvalue weighted by Crippen LogP contribution is -2.32. The van der Waals surface area contributed by atoms with E-state index in [-0.39, 0.29) is 5.82 Å². The standard InChI is InChI=1S/C15H20BrFO2/c1-15(11-16,13-4-2-3-5-14(13)17)19-10-12-6-8-18-9-7-12/h2-5,12H,6-11H2,1H3. The summed E-state index contributed by atoms with van der Waals surface area (Å²) in [6.45, 7) is 4.19. The van der Waals surface area contributed by atoms with Crippen LogP contribution in [0.25, 0.3) is 0 Å². The lowest BCUT2D eigenvalue weighted by molar-refractivity contribution is -0.0570. The number of rotatable bonds is 5. The predicted molar refractivity (Wildman–Crippen MR) is 77.0 cm³/mol. The van der Waals surface area contributed by atoms with Gasteiger partial charge in [0.2, 0.25) is 0 Å². The predicted octanol–water partition coefficient (Wildman–Crippen LogP) is 3.88. The number of benzene rings is 1. The van der Waals surface area contributed by atoms with Crippen LogP contribution in [0.4, 0.5) is 4.39 Å². The maximum absolute atomic E-state index is 13.9. The number of hydrogen-bond donors (Lipinski definition) is 0. The maximum atomic E-state index is 13.9. The summed E-state index contributed by atoms with van der Waals surface area (Å²) < 4.78 is 25.3. The van der Waals surface area contributed by atoms with Gasteiger partial charge in [-0.15, -0.1) is 0 Å². The first-order chi connectivity index (χ1) is 9.15. The van der Waals surface area contributed by atoms with Crippen LogP contribution in [-0.4, -0.2) is 25.2 Å². The smallest absolute Gasteiger partial charge is 0.129 e. The molecule has 1 saturated heterocycles. The molecule has 1 aromatic carbocycles. The SMILES string of the molecule is CC(CBr)(OCC1CCOCC1)c1ccccc1F. The van der Waals surface area contributed by atoms with Crippen LogP contribution in [0.1, 0.15) is 25.3 Å². The van der Waals surface area contributed by atoms with E-state index < -0.39 is 5.60 Å². The molecule has 19 heavy (non-hydrogen) atoms. The molecule has 0 bridgehead atoms. The van der Waals surface area contributed by atoms with Crippen molar-refractivity contribution in [2.24, 2.45) is 5.92 Å². The largest absolute Gasteiger partial charge is 0.381 e. The van der Waals surface area contributed by atoms with Gasteiger partial charge in [0.25, 0.3) is 0 Å². The van der Waals surface area contributed by atoms with Crippen molar-refractivity contribution in [3.8, 4) is 0 Å². The monoisotopic (exact) mass is 330 g/mol. The molecule has 1 atom stereocenters. The zero-order chi connectivity index (χ0) is 13.7. The fraction of sp³-hybridized carbons (Fsp3) is 0.600. The zero-order valence-electron chi connectivity index (χ0n) is 11.2. The Bertz CT molecular complexity index is 407. The Hall–Kier alpha value is -0.450. The first-order valence-electron chi connectivity index (χ1n) is 6.68. The Kier molecular flexibility index (Phi) is 5.37. The van der Waals surface area contributed by atoms with Crippen molar-refractivity contribution >= 4 is 15.9 Å². The molecule has 0 aromatic heterocycles. The van der Waals surface area contributed by atoms with E-state index in [1.165, 1.54) is 6.07 Å². The second-order valence-corrected chi connectivity index (χ2v) is 5.77. The first kappa shape index (κ1) is 14.9. The molecular formula is C15H20BrFO2. The third-order valence-corrected chi connectivity index (χ3v) is 4.75. The summed E-state index contributed by atoms with van der Waals surface area (Å²) >= 11 is 3.45. The van der Waals surface area contributed by atoms with E-state index in [4.69, 9.17) is 9.47 Å². The van der Waals surface area contributed by atoms with E-state index in [2.05, 4.69) is 15.9 Å². The summed E-state index contributed by atoms with van der Waals surface area (Å²) in [4.78, 5) is 0. The van der Waals surface area contributed by atoms with Gasteiger partial charge in [0.15, 0.2) is 0 Å². The average molecular weight is 331 g/mol. The highest BCUT2D eigenvalue weighted by Gasteiger charge is 2.30. The fourth-order valence-electron chi connectivity index (χ4n) is 2.29. The van der Waals surface area contributed by atoms with Crippen LogP contribution >= 0.6 is 15.9 Å². The molecule has 106 valence electrons. The summed E-state index contributed by atoms with van der Waals surface area (Å²) in [5.41, 5.74) is -0.0113. The molecule has 0 aliphatic carbocycles. The van der Waals surface area contributed by atoms with Gasteiger partial charge >= 0.3 is 0 Å². The number of ether oxygens (including phenoxy) is 2. The second kappa shape index (κ2) is 6.82. The quantitative estimate of drug-likeness (QED) is 0.763. The first-order valence-corrected chi connectivity index (χ1v) is 7.80. The second-order valence-electron chi connectivity index (χ2n) is 5.21. The van der Waals surface area contributed by atoms with E-state index in [0.717, 1.165) is 26.1 Å². The van der Waals surface area contributed by atoms with E-state index in [0.29, 0.717) is 23.4 Å². The van der Waals surface area contributed by atoms with Gasteiger partial charge in [0.05, 0.1) is 6.61 Å². The van der Waals surface area contributed by atoms with Gasteiger partial charge in [-0.05, 0) is 31.7 Å². The Morgan fingerprint density at radius 2 is 2.05 bits per heavy atom. The maximum Gasteiger partial charge on any atom is 0.129 e. The minimum absolute atomic E-state index is 0.212. The zero-order valence-corrected chi connectivity index (χ0v) is 12.8. The summed E-state index contributed by atoms with van der Waals surface area (Å²) in [5.74, 6) is 0.301. The van der Waals surface area contributed by atoms with Crippen LogP contribution in [-0.2, 0) is 15.1 Å². The lowest BCUT2D eigenvalue weighted by Gasteiger charge is -2.32. The Morgan fingerprint density at radius 3 is 2.68 bits per heavy atom. The van der Waals surface area contributed by atoms with Gasteiger partial charge in [0.1, 0.15) is 11.4 Å². The third kappa shape index (κ3) is 3.77. The molecule has 0 saturated carbocycles. The Morgan fingerprint density at radius 1 is 1.37 bits per heavy atom. The van der Waals surface area contributed by atoms with E-state index >= 15 is 0 Å². The lowest BCUT2D eigenvalue weighted by atomic mass is 9.96. The van der Waals surface area contributed by atoms with E-state index in [9.17, 15) is 4.39 Å². The summed E-state index contributed by atoms with van der Waals surface area (Å²) in [6, 6.07) is 6.82. The van der Waals surface area contributed by atoms with Crippen LogP contribution in [0.15, 0.2) is 24.3 Å². The average Bonchev–Trinajstić information content (AvgIpc) is 2.46. The van der Waals surface area contributed by atoms with Crippen molar-refractivity contribution in [2.75, 3.05) is 25.2 Å². The topological polar surface area (TPSA) is 18.5 Å². The van der Waals surface area contributed by atoms with Crippen molar-refractivity contribution in [1.82, 2.24) is 0 Å². The molecule has 1 aliphatic rings. The van der Waals surface area contributed by atoms with Gasteiger partial charge in [-0.2, -0.15) is 0 Å². The molecular weight excluding hydrogens is 311 g/mol. The summed E-state index contributed by atoms with van der Waals surface area (Å²) in [6.07, 6.45) is 2.05. The highest BCUT2D eigenvalue weighted by molar-refractivity contribution is 9.09. The molecule has 1 unspecified atom stereocenters. The molecule has 4 heteroatoms. The van der Waals surface area contributed by atoms with Crippen LogP contribution in [0.5, 0.6) is 0 Å². The third-order valence-electron chi connectivity index (χ3n) is 3.68. The normalized spacial score (nSPS) is 20.2. The van der Waals surface area contributed by atoms with Gasteiger partial charge < -0.3 is 9.47 Å². The van der Waals surface area contributed by atoms with Crippen LogP contribution in [0.3, 0.4) is 0 Å². The molecule has 2 rings (SSSR count). The van der Waals surface area contributed by atoms with Gasteiger partial charge in [0, 0.05) is 24.1 Å². The fourth-order valence-corrected chi connectivity index (χ4v) is 2.76. The molecule has 1 fully saturated rings. The van der Waals surface area contributed by atoms with E-state index in [1.807, 2.05) is 13.0 Å². The number of alkyl halides is 1. The molecule has 2 nitrogen and oxygen atoms in total. The van der Waals surface area contributed by atoms with Gasteiger partial charge in [-0.25, -0.2) is 4.39 Å². The van der Waals surface area contributed by atoms with Gasteiger partial charge in [-0.3, -0.25) is 0 Å². The molecule has 1 aliphatic heterocycles. The van der Waals surface area contributed by atoms with Crippen molar-refractivity contribution in [3.63, 3.8) is 0 Å². The molecule has 0 amide bonds. The Balaban J connectivity index is 2.03. The minimum Gasteiger partial charge on any atom is -0.381 e. The highest BCUT2D eigenvalue weighted by atomic mass is 79.9. The van der Waals surface area contributed by atoms with Gasteiger partial charge in [-0.1, -0.05) is 34.1 Å². The van der Waals surface area contributed by atoms with Crippen molar-refractivity contribution in [2.45, 2.75) is 25.4 Å². The molecule has 0 N–H and O–H groups in total. The van der Waals surface area contributed by atoms with E-state index in [1.54, 1.807) is 12.1 Å². The van der Waals surface area contributed by atoms with Crippen molar-refractivity contribution < 1.29 is 13.9 Å². The summed E-state index contributed by atoms with van der Waals surface area (Å²) in [7, 11) is 0. The molecule has 1 aromatic rings. The highest BCUT2D eigenvalue weighted by Crippen LogP contribution is 2.31. The van der Waals surface area contributed by atoms with Crippen LogP contribution in [0, 0.1) is 11.7 Å². The summed E-state index contributed by atoms with van der Waals surface area (Å²) in [5, 5.41) is 0.574. The minimum atomic E-state index is -0.621. The number of halogens is 2. The van der Waals surface area contributed by atoms with Crippen LogP contribution < -0.4 is 0 Å². The van der Waals surface area contributed by atoms with Crippen molar-refractivity contribution in [1.29, 1.82) is 0 Å². The Labute approximate surface area is 122 Å².